The Labute approximate surface area is 228 Å². The number of hydrogen-bond donors (Lipinski definition) is 2. The molecule has 3 N–H and O–H groups in total. The number of nitrogens with zero attached hydrogens (tertiary/aromatic N) is 3. The summed E-state index contributed by atoms with van der Waals surface area (Å²) >= 11 is 1.69. The number of hydrogen-bond acceptors (Lipinski definition) is 7. The number of rotatable bonds is 9. The molecule has 2 saturated heterocycles. The van der Waals surface area contributed by atoms with E-state index in [1.165, 1.54) is 60.3 Å². The summed E-state index contributed by atoms with van der Waals surface area (Å²) in [5.41, 5.74) is 12.1. The maximum absolute atomic E-state index is 10.1. The molecule has 38 heavy (non-hydrogen) atoms. The van der Waals surface area contributed by atoms with Gasteiger partial charge in [0.1, 0.15) is 12.4 Å². The van der Waals surface area contributed by atoms with Gasteiger partial charge in [0.2, 0.25) is 5.88 Å². The van der Waals surface area contributed by atoms with E-state index in [0.717, 1.165) is 53.9 Å². The molecule has 0 amide bonds. The number of nitrogens with two attached hydrogens (primary N) is 1. The van der Waals surface area contributed by atoms with Gasteiger partial charge in [-0.3, -0.25) is 9.80 Å². The number of phenolic OH excluding ortho intramolecular Hbond substituents is 1. The molecule has 0 aliphatic carbocycles. The summed E-state index contributed by atoms with van der Waals surface area (Å²) in [5.74, 6) is 0.946. The van der Waals surface area contributed by atoms with Gasteiger partial charge in [-0.1, -0.05) is 12.1 Å². The van der Waals surface area contributed by atoms with Crippen molar-refractivity contribution in [3.05, 3.63) is 71.4 Å². The van der Waals surface area contributed by atoms with Crippen molar-refractivity contribution in [2.24, 2.45) is 0 Å². The van der Waals surface area contributed by atoms with Crippen LogP contribution in [-0.4, -0.2) is 59.2 Å². The van der Waals surface area contributed by atoms with Crippen LogP contribution < -0.4 is 10.5 Å². The SMILES string of the molecule is Nc1cc(Cc2c(-c3ccc(OCCN4CCCC4)nc3)sc3cc(O)ccc23)ccc1CN1CCCC1. The van der Waals surface area contributed by atoms with Gasteiger partial charge in [-0.05, 0) is 111 Å². The molecule has 6 nitrogen and oxygen atoms in total. The van der Waals surface area contributed by atoms with Crippen molar-refractivity contribution >= 4 is 27.1 Å². The molecule has 0 atom stereocenters. The van der Waals surface area contributed by atoms with Crippen molar-refractivity contribution in [3.63, 3.8) is 0 Å². The second-order valence-electron chi connectivity index (χ2n) is 10.6. The predicted octanol–water partition coefficient (Wildman–Crippen LogP) is 5.91. The summed E-state index contributed by atoms with van der Waals surface area (Å²) in [6, 6.07) is 16.2. The van der Waals surface area contributed by atoms with Gasteiger partial charge in [-0.15, -0.1) is 11.3 Å². The first-order chi connectivity index (χ1) is 18.6. The average molecular weight is 529 g/mol. The molecule has 4 heterocycles. The van der Waals surface area contributed by atoms with E-state index in [-0.39, 0.29) is 5.75 Å². The molecular formula is C31H36N4O2S. The fourth-order valence-electron chi connectivity index (χ4n) is 5.72. The molecule has 0 unspecified atom stereocenters. The van der Waals surface area contributed by atoms with Crippen molar-refractivity contribution in [2.75, 3.05) is 45.1 Å². The van der Waals surface area contributed by atoms with Crippen LogP contribution in [0.1, 0.15) is 42.4 Å². The van der Waals surface area contributed by atoms with Crippen LogP contribution in [0.4, 0.5) is 5.69 Å². The van der Waals surface area contributed by atoms with Crippen LogP contribution in [-0.2, 0) is 13.0 Å². The van der Waals surface area contributed by atoms with Crippen LogP contribution in [0.25, 0.3) is 20.5 Å². The van der Waals surface area contributed by atoms with Crippen molar-refractivity contribution in [1.29, 1.82) is 0 Å². The normalized spacial score (nSPS) is 16.5. The number of fused-ring (bicyclic) bond motifs is 1. The summed E-state index contributed by atoms with van der Waals surface area (Å²) < 4.78 is 7.00. The van der Waals surface area contributed by atoms with E-state index in [9.17, 15) is 5.11 Å². The fraction of sp³-hybridized carbons (Fsp3) is 0.387. The molecular weight excluding hydrogens is 492 g/mol. The zero-order chi connectivity index (χ0) is 25.9. The van der Waals surface area contributed by atoms with Crippen molar-refractivity contribution in [2.45, 2.75) is 38.6 Å². The molecule has 4 aromatic rings. The molecule has 2 aliphatic rings. The predicted molar refractivity (Wildman–Crippen MR) is 156 cm³/mol. The van der Waals surface area contributed by atoms with Gasteiger partial charge in [0.05, 0.1) is 0 Å². The molecule has 0 spiro atoms. The number of pyridine rings is 1. The first-order valence-corrected chi connectivity index (χ1v) is 14.6. The Morgan fingerprint density at radius 2 is 1.71 bits per heavy atom. The molecule has 198 valence electrons. The lowest BCUT2D eigenvalue weighted by Crippen LogP contribution is -2.25. The zero-order valence-electron chi connectivity index (χ0n) is 21.9. The summed E-state index contributed by atoms with van der Waals surface area (Å²) in [4.78, 5) is 10.7. The minimum atomic E-state index is 0.284. The molecule has 2 aromatic heterocycles. The van der Waals surface area contributed by atoms with Crippen LogP contribution in [0.3, 0.4) is 0 Å². The second-order valence-corrected chi connectivity index (χ2v) is 11.6. The highest BCUT2D eigenvalue weighted by Gasteiger charge is 2.18. The van der Waals surface area contributed by atoms with Crippen LogP contribution >= 0.6 is 11.3 Å². The maximum Gasteiger partial charge on any atom is 0.213 e. The van der Waals surface area contributed by atoms with E-state index in [0.29, 0.717) is 12.5 Å². The number of benzene rings is 2. The third-order valence-corrected chi connectivity index (χ3v) is 9.06. The fourth-order valence-corrected chi connectivity index (χ4v) is 6.96. The Kier molecular flexibility index (Phi) is 7.49. The number of phenols is 1. The Morgan fingerprint density at radius 1 is 0.921 bits per heavy atom. The highest BCUT2D eigenvalue weighted by Crippen LogP contribution is 2.41. The first kappa shape index (κ1) is 25.2. The molecule has 0 saturated carbocycles. The molecule has 6 rings (SSSR count). The smallest absolute Gasteiger partial charge is 0.213 e. The second kappa shape index (κ2) is 11.3. The topological polar surface area (TPSA) is 74.8 Å². The Balaban J connectivity index is 1.23. The lowest BCUT2D eigenvalue weighted by Gasteiger charge is -2.17. The molecule has 7 heteroatoms. The van der Waals surface area contributed by atoms with Crippen LogP contribution in [0.15, 0.2) is 54.7 Å². The first-order valence-electron chi connectivity index (χ1n) is 13.8. The zero-order valence-corrected chi connectivity index (χ0v) is 22.7. The Hall–Kier alpha value is -3.13. The lowest BCUT2D eigenvalue weighted by atomic mass is 9.98. The van der Waals surface area contributed by atoms with Crippen LogP contribution in [0, 0.1) is 0 Å². The van der Waals surface area contributed by atoms with Crippen LogP contribution in [0.2, 0.25) is 0 Å². The van der Waals surface area contributed by atoms with E-state index in [1.54, 1.807) is 17.4 Å². The minimum Gasteiger partial charge on any atom is -0.508 e. The van der Waals surface area contributed by atoms with Crippen molar-refractivity contribution < 1.29 is 9.84 Å². The number of anilines is 1. The van der Waals surface area contributed by atoms with Crippen LogP contribution in [0.5, 0.6) is 11.6 Å². The lowest BCUT2D eigenvalue weighted by molar-refractivity contribution is 0.232. The number of aromatic nitrogens is 1. The van der Waals surface area contributed by atoms with E-state index in [2.05, 4.69) is 39.0 Å². The molecule has 2 fully saturated rings. The summed E-state index contributed by atoms with van der Waals surface area (Å²) in [6.45, 7) is 7.21. The quantitative estimate of drug-likeness (QED) is 0.263. The number of aromatic hydroxyl groups is 1. The van der Waals surface area contributed by atoms with Crippen molar-refractivity contribution in [1.82, 2.24) is 14.8 Å². The summed E-state index contributed by atoms with van der Waals surface area (Å²) in [5, 5.41) is 11.3. The Bertz CT molecular complexity index is 1390. The third-order valence-electron chi connectivity index (χ3n) is 7.81. The number of likely N-dealkylation sites (tertiary alicyclic amines) is 2. The van der Waals surface area contributed by atoms with E-state index in [4.69, 9.17) is 10.5 Å². The molecule has 2 aliphatic heterocycles. The van der Waals surface area contributed by atoms with Gasteiger partial charge in [-0.2, -0.15) is 0 Å². The van der Waals surface area contributed by atoms with Gasteiger partial charge < -0.3 is 15.6 Å². The number of ether oxygens (including phenoxy) is 1. The van der Waals surface area contributed by atoms with Gasteiger partial charge in [0.15, 0.2) is 0 Å². The van der Waals surface area contributed by atoms with E-state index >= 15 is 0 Å². The van der Waals surface area contributed by atoms with Gasteiger partial charge >= 0.3 is 0 Å². The average Bonchev–Trinajstić information content (AvgIpc) is 3.69. The maximum atomic E-state index is 10.1. The highest BCUT2D eigenvalue weighted by molar-refractivity contribution is 7.22. The molecule has 0 radical (unpaired) electrons. The molecule has 0 bridgehead atoms. The standard InChI is InChI=1S/C31H36N4O2S/c32-28-18-22(5-6-24(28)21-35-13-3-4-14-35)17-27-26-9-8-25(36)19-29(26)38-31(27)23-7-10-30(33-20-23)37-16-15-34-11-1-2-12-34/h5-10,18-20,36H,1-4,11-17,21,32H2. The summed E-state index contributed by atoms with van der Waals surface area (Å²) in [6.07, 6.45) is 7.81. The van der Waals surface area contributed by atoms with E-state index < -0.39 is 0 Å². The van der Waals surface area contributed by atoms with Gasteiger partial charge in [0.25, 0.3) is 0 Å². The number of nitrogen functional groups attached to an aromatic ring is 1. The monoisotopic (exact) mass is 528 g/mol. The third kappa shape index (κ3) is 5.65. The highest BCUT2D eigenvalue weighted by atomic mass is 32.1. The van der Waals surface area contributed by atoms with E-state index in [1.807, 2.05) is 24.4 Å². The van der Waals surface area contributed by atoms with Gasteiger partial charge in [0, 0.05) is 46.2 Å². The molecule has 2 aromatic carbocycles. The summed E-state index contributed by atoms with van der Waals surface area (Å²) in [7, 11) is 0. The number of thiophene rings is 1. The van der Waals surface area contributed by atoms with Crippen molar-refractivity contribution in [3.8, 4) is 22.1 Å². The Morgan fingerprint density at radius 3 is 2.45 bits per heavy atom. The van der Waals surface area contributed by atoms with Gasteiger partial charge in [-0.25, -0.2) is 4.98 Å². The minimum absolute atomic E-state index is 0.284. The largest absolute Gasteiger partial charge is 0.508 e.